The standard InChI is InChI=1S/C9H18OSi/c1-8(9(2)10)6-7-11(3,4)5/h8-10H,1-5H3. The van der Waals surface area contributed by atoms with E-state index in [1.165, 1.54) is 0 Å². The molecule has 0 aliphatic carbocycles. The molecule has 0 aromatic heterocycles. The summed E-state index contributed by atoms with van der Waals surface area (Å²) in [5, 5.41) is 9.13. The van der Waals surface area contributed by atoms with E-state index >= 15 is 0 Å². The minimum Gasteiger partial charge on any atom is -0.392 e. The summed E-state index contributed by atoms with van der Waals surface area (Å²) in [6.07, 6.45) is -0.307. The lowest BCUT2D eigenvalue weighted by Gasteiger charge is -2.08. The first-order valence-electron chi connectivity index (χ1n) is 4.03. The first-order chi connectivity index (χ1) is 4.83. The average molecular weight is 170 g/mol. The molecule has 1 N–H and O–H groups in total. The van der Waals surface area contributed by atoms with Gasteiger partial charge in [0.1, 0.15) is 8.07 Å². The van der Waals surface area contributed by atoms with Gasteiger partial charge in [-0.15, -0.1) is 11.5 Å². The van der Waals surface area contributed by atoms with E-state index in [0.29, 0.717) is 0 Å². The highest BCUT2D eigenvalue weighted by atomic mass is 28.3. The fourth-order valence-electron chi connectivity index (χ4n) is 0.451. The Kier molecular flexibility index (Phi) is 3.84. The van der Waals surface area contributed by atoms with Gasteiger partial charge in [0.25, 0.3) is 0 Å². The van der Waals surface area contributed by atoms with Crippen molar-refractivity contribution in [3.05, 3.63) is 0 Å². The van der Waals surface area contributed by atoms with Gasteiger partial charge in [-0.2, -0.15) is 0 Å². The topological polar surface area (TPSA) is 20.2 Å². The molecule has 2 heteroatoms. The van der Waals surface area contributed by atoms with Crippen molar-refractivity contribution in [1.82, 2.24) is 0 Å². The molecule has 0 rings (SSSR count). The van der Waals surface area contributed by atoms with Crippen LogP contribution in [0.4, 0.5) is 0 Å². The third kappa shape index (κ3) is 6.15. The highest BCUT2D eigenvalue weighted by Gasteiger charge is 2.09. The van der Waals surface area contributed by atoms with Crippen LogP contribution in [0.5, 0.6) is 0 Å². The zero-order valence-corrected chi connectivity index (χ0v) is 9.10. The molecule has 0 aromatic carbocycles. The lowest BCUT2D eigenvalue weighted by molar-refractivity contribution is 0.161. The van der Waals surface area contributed by atoms with Crippen LogP contribution < -0.4 is 0 Å². The maximum atomic E-state index is 9.13. The number of aliphatic hydroxyl groups is 1. The molecule has 11 heavy (non-hydrogen) atoms. The van der Waals surface area contributed by atoms with E-state index in [2.05, 4.69) is 31.1 Å². The van der Waals surface area contributed by atoms with E-state index in [0.717, 1.165) is 0 Å². The molecule has 0 heterocycles. The largest absolute Gasteiger partial charge is 0.392 e. The van der Waals surface area contributed by atoms with Gasteiger partial charge in [0.2, 0.25) is 0 Å². The Morgan fingerprint density at radius 1 is 1.18 bits per heavy atom. The van der Waals surface area contributed by atoms with Crippen LogP contribution in [-0.2, 0) is 0 Å². The summed E-state index contributed by atoms with van der Waals surface area (Å²) in [6.45, 7) is 10.3. The molecule has 0 aliphatic rings. The molecule has 0 aromatic rings. The van der Waals surface area contributed by atoms with E-state index < -0.39 is 8.07 Å². The third-order valence-electron chi connectivity index (χ3n) is 1.40. The molecule has 2 unspecified atom stereocenters. The maximum Gasteiger partial charge on any atom is 0.129 e. The molecule has 0 radical (unpaired) electrons. The Bertz CT molecular complexity index is 168. The van der Waals surface area contributed by atoms with Crippen LogP contribution in [0.25, 0.3) is 0 Å². The Hall–Kier alpha value is -0.263. The van der Waals surface area contributed by atoms with Gasteiger partial charge in [-0.05, 0) is 13.8 Å². The van der Waals surface area contributed by atoms with Crippen molar-refractivity contribution >= 4 is 8.07 Å². The molecule has 1 nitrogen and oxygen atoms in total. The minimum absolute atomic E-state index is 0.113. The first-order valence-corrected chi connectivity index (χ1v) is 7.53. The molecule has 0 amide bonds. The van der Waals surface area contributed by atoms with Gasteiger partial charge in [-0.3, -0.25) is 0 Å². The Labute approximate surface area is 70.8 Å². The van der Waals surface area contributed by atoms with Crippen molar-refractivity contribution in [3.8, 4) is 11.5 Å². The van der Waals surface area contributed by atoms with Crippen molar-refractivity contribution in [2.24, 2.45) is 5.92 Å². The van der Waals surface area contributed by atoms with Crippen LogP contribution in [0.1, 0.15) is 13.8 Å². The molecular formula is C9H18OSi. The zero-order valence-electron chi connectivity index (χ0n) is 8.10. The molecule has 0 saturated carbocycles. The van der Waals surface area contributed by atoms with Gasteiger partial charge in [-0.1, -0.05) is 19.6 Å². The van der Waals surface area contributed by atoms with Crippen LogP contribution >= 0.6 is 0 Å². The minimum atomic E-state index is -1.24. The van der Waals surface area contributed by atoms with E-state index in [4.69, 9.17) is 5.11 Å². The molecule has 64 valence electrons. The van der Waals surface area contributed by atoms with Crippen molar-refractivity contribution in [3.63, 3.8) is 0 Å². The van der Waals surface area contributed by atoms with Crippen LogP contribution in [0.15, 0.2) is 0 Å². The van der Waals surface area contributed by atoms with E-state index in [1.807, 2.05) is 6.92 Å². The summed E-state index contributed by atoms with van der Waals surface area (Å²) >= 11 is 0. The Morgan fingerprint density at radius 3 is 1.91 bits per heavy atom. The lowest BCUT2D eigenvalue weighted by Crippen LogP contribution is -2.18. The fourth-order valence-corrected chi connectivity index (χ4v) is 1.11. The van der Waals surface area contributed by atoms with Crippen molar-refractivity contribution in [2.45, 2.75) is 39.6 Å². The molecule has 0 fully saturated rings. The molecular weight excluding hydrogens is 152 g/mol. The van der Waals surface area contributed by atoms with Crippen LogP contribution in [0.3, 0.4) is 0 Å². The first kappa shape index (κ1) is 10.7. The lowest BCUT2D eigenvalue weighted by atomic mass is 10.1. The van der Waals surface area contributed by atoms with Gasteiger partial charge < -0.3 is 5.11 Å². The Balaban J connectivity index is 4.08. The monoisotopic (exact) mass is 170 g/mol. The second kappa shape index (κ2) is 3.94. The summed E-state index contributed by atoms with van der Waals surface area (Å²) in [6, 6.07) is 0. The summed E-state index contributed by atoms with van der Waals surface area (Å²) in [7, 11) is -1.24. The number of aliphatic hydroxyl groups excluding tert-OH is 1. The highest BCUT2D eigenvalue weighted by Crippen LogP contribution is 2.02. The van der Waals surface area contributed by atoms with Gasteiger partial charge >= 0.3 is 0 Å². The molecule has 0 spiro atoms. The molecule has 2 atom stereocenters. The van der Waals surface area contributed by atoms with Crippen molar-refractivity contribution in [1.29, 1.82) is 0 Å². The predicted octanol–water partition coefficient (Wildman–Crippen LogP) is 1.88. The summed E-state index contributed by atoms with van der Waals surface area (Å²) in [5.74, 6) is 3.20. The normalized spacial score (nSPS) is 16.5. The third-order valence-corrected chi connectivity index (χ3v) is 2.29. The summed E-state index contributed by atoms with van der Waals surface area (Å²) < 4.78 is 0. The van der Waals surface area contributed by atoms with Gasteiger partial charge in [0.15, 0.2) is 0 Å². The highest BCUT2D eigenvalue weighted by molar-refractivity contribution is 6.83. The van der Waals surface area contributed by atoms with Gasteiger partial charge in [0.05, 0.1) is 6.10 Å². The van der Waals surface area contributed by atoms with Crippen molar-refractivity contribution in [2.75, 3.05) is 0 Å². The van der Waals surface area contributed by atoms with Crippen molar-refractivity contribution < 1.29 is 5.11 Å². The van der Waals surface area contributed by atoms with E-state index in [9.17, 15) is 0 Å². The molecule has 0 aliphatic heterocycles. The average Bonchev–Trinajstić information content (AvgIpc) is 1.80. The SMILES string of the molecule is CC(O)C(C)C#C[Si](C)(C)C. The second-order valence-corrected chi connectivity index (χ2v) is 8.80. The molecule has 0 saturated heterocycles. The van der Waals surface area contributed by atoms with Crippen LogP contribution in [0, 0.1) is 17.4 Å². The van der Waals surface area contributed by atoms with Gasteiger partial charge in [0, 0.05) is 5.92 Å². The summed E-state index contributed by atoms with van der Waals surface area (Å²) in [5.41, 5.74) is 3.23. The molecule has 0 bridgehead atoms. The smallest absolute Gasteiger partial charge is 0.129 e. The quantitative estimate of drug-likeness (QED) is 0.470. The van der Waals surface area contributed by atoms with E-state index in [1.54, 1.807) is 6.92 Å². The second-order valence-electron chi connectivity index (χ2n) is 4.05. The maximum absolute atomic E-state index is 9.13. The van der Waals surface area contributed by atoms with Crippen LogP contribution in [0.2, 0.25) is 19.6 Å². The van der Waals surface area contributed by atoms with Crippen LogP contribution in [-0.4, -0.2) is 19.3 Å². The number of hydrogen-bond acceptors (Lipinski definition) is 1. The number of hydrogen-bond donors (Lipinski definition) is 1. The Morgan fingerprint density at radius 2 is 1.64 bits per heavy atom. The fraction of sp³-hybridized carbons (Fsp3) is 0.778. The number of rotatable bonds is 1. The predicted molar refractivity (Wildman–Crippen MR) is 52.0 cm³/mol. The van der Waals surface area contributed by atoms with E-state index in [-0.39, 0.29) is 12.0 Å². The van der Waals surface area contributed by atoms with Gasteiger partial charge in [-0.25, -0.2) is 0 Å². The zero-order chi connectivity index (χ0) is 9.07. The summed E-state index contributed by atoms with van der Waals surface area (Å²) in [4.78, 5) is 0.